The number of rotatable bonds is 5. The van der Waals surface area contributed by atoms with Crippen LogP contribution in [0.1, 0.15) is 33.3 Å². The molecule has 1 aliphatic rings. The van der Waals surface area contributed by atoms with Crippen LogP contribution >= 0.6 is 0 Å². The molecule has 1 saturated heterocycles. The molecule has 28 heavy (non-hydrogen) atoms. The Morgan fingerprint density at radius 2 is 1.64 bits per heavy atom. The van der Waals surface area contributed by atoms with E-state index in [-0.39, 0.29) is 11.3 Å². The average Bonchev–Trinajstić information content (AvgIpc) is 2.69. The first kappa shape index (κ1) is 20.2. The van der Waals surface area contributed by atoms with Gasteiger partial charge < -0.3 is 19.7 Å². The molecule has 2 aromatic rings. The van der Waals surface area contributed by atoms with Crippen LogP contribution in [0.2, 0.25) is 0 Å². The van der Waals surface area contributed by atoms with E-state index in [2.05, 4.69) is 31.0 Å². The Balaban J connectivity index is 1.55. The summed E-state index contributed by atoms with van der Waals surface area (Å²) in [6.07, 6.45) is -0.584. The predicted molar refractivity (Wildman–Crippen MR) is 113 cm³/mol. The van der Waals surface area contributed by atoms with E-state index in [0.29, 0.717) is 5.75 Å². The largest absolute Gasteiger partial charge is 0.481 e. The second kappa shape index (κ2) is 8.65. The van der Waals surface area contributed by atoms with E-state index in [1.54, 1.807) is 6.92 Å². The number of hydrogen-bond donors (Lipinski definition) is 1. The monoisotopic (exact) mass is 382 g/mol. The first-order valence-electron chi connectivity index (χ1n) is 9.84. The molecule has 3 rings (SSSR count). The minimum absolute atomic E-state index is 0.0922. The van der Waals surface area contributed by atoms with E-state index in [1.807, 2.05) is 48.5 Å². The summed E-state index contributed by atoms with van der Waals surface area (Å²) in [5.74, 6) is 0.525. The van der Waals surface area contributed by atoms with E-state index in [4.69, 9.17) is 9.47 Å². The summed E-state index contributed by atoms with van der Waals surface area (Å²) >= 11 is 0. The molecule has 5 heteroatoms. The summed E-state index contributed by atoms with van der Waals surface area (Å²) in [6, 6.07) is 15.8. The van der Waals surface area contributed by atoms with Crippen molar-refractivity contribution in [1.82, 2.24) is 0 Å². The highest BCUT2D eigenvalue weighted by Gasteiger charge is 2.17. The zero-order chi connectivity index (χ0) is 20.1. The van der Waals surface area contributed by atoms with Crippen molar-refractivity contribution in [2.24, 2.45) is 0 Å². The van der Waals surface area contributed by atoms with Gasteiger partial charge in [-0.3, -0.25) is 4.79 Å². The molecule has 0 aliphatic carbocycles. The Morgan fingerprint density at radius 3 is 2.21 bits per heavy atom. The van der Waals surface area contributed by atoms with Gasteiger partial charge in [-0.25, -0.2) is 0 Å². The molecule has 0 radical (unpaired) electrons. The summed E-state index contributed by atoms with van der Waals surface area (Å²) in [5.41, 5.74) is 3.23. The second-order valence-corrected chi connectivity index (χ2v) is 8.17. The quantitative estimate of drug-likeness (QED) is 0.841. The Hall–Kier alpha value is -2.53. The van der Waals surface area contributed by atoms with E-state index in [9.17, 15) is 4.79 Å². The van der Waals surface area contributed by atoms with Gasteiger partial charge in [0, 0.05) is 24.5 Å². The number of nitrogens with zero attached hydrogens (tertiary/aromatic N) is 1. The molecule has 0 spiro atoms. The molecular weight excluding hydrogens is 352 g/mol. The summed E-state index contributed by atoms with van der Waals surface area (Å²) < 4.78 is 11.2. The van der Waals surface area contributed by atoms with Crippen LogP contribution in [0, 0.1) is 0 Å². The molecule has 1 atom stereocenters. The Morgan fingerprint density at radius 1 is 1.04 bits per heavy atom. The third kappa shape index (κ3) is 5.26. The van der Waals surface area contributed by atoms with Gasteiger partial charge in [-0.05, 0) is 54.3 Å². The highest BCUT2D eigenvalue weighted by atomic mass is 16.5. The lowest BCUT2D eigenvalue weighted by atomic mass is 9.87. The van der Waals surface area contributed by atoms with Gasteiger partial charge in [0.2, 0.25) is 0 Å². The van der Waals surface area contributed by atoms with Crippen LogP contribution in [0.15, 0.2) is 48.5 Å². The standard InChI is InChI=1S/C23H30N2O3/c1-17(28-21-11-5-18(6-12-21)23(2,3)4)22(26)24-19-7-9-20(10-8-19)25-13-15-27-16-14-25/h5-12,17H,13-16H2,1-4H3,(H,24,26)/t17-/m0/s1. The maximum absolute atomic E-state index is 12.5. The van der Waals surface area contributed by atoms with Crippen LogP contribution in [0.4, 0.5) is 11.4 Å². The van der Waals surface area contributed by atoms with Crippen molar-refractivity contribution in [1.29, 1.82) is 0 Å². The van der Waals surface area contributed by atoms with Crippen LogP contribution in [0.25, 0.3) is 0 Å². The zero-order valence-electron chi connectivity index (χ0n) is 17.2. The normalized spacial score (nSPS) is 15.8. The highest BCUT2D eigenvalue weighted by Crippen LogP contribution is 2.25. The maximum atomic E-state index is 12.5. The molecule has 1 heterocycles. The molecule has 0 aromatic heterocycles. The number of carbonyl (C=O) groups is 1. The average molecular weight is 383 g/mol. The van der Waals surface area contributed by atoms with Gasteiger partial charge in [0.05, 0.1) is 13.2 Å². The van der Waals surface area contributed by atoms with Gasteiger partial charge in [-0.1, -0.05) is 32.9 Å². The van der Waals surface area contributed by atoms with Crippen molar-refractivity contribution in [2.45, 2.75) is 39.2 Å². The van der Waals surface area contributed by atoms with Crippen molar-refractivity contribution in [3.8, 4) is 5.75 Å². The van der Waals surface area contributed by atoms with Crippen molar-refractivity contribution in [3.05, 3.63) is 54.1 Å². The molecule has 0 bridgehead atoms. The number of carbonyl (C=O) groups excluding carboxylic acids is 1. The van der Waals surface area contributed by atoms with Crippen LogP contribution in [0.5, 0.6) is 5.75 Å². The number of amides is 1. The van der Waals surface area contributed by atoms with Crippen LogP contribution in [-0.4, -0.2) is 38.3 Å². The van der Waals surface area contributed by atoms with E-state index in [0.717, 1.165) is 37.7 Å². The Bertz CT molecular complexity index is 773. The molecular formula is C23H30N2O3. The summed E-state index contributed by atoms with van der Waals surface area (Å²) in [7, 11) is 0. The van der Waals surface area contributed by atoms with Gasteiger partial charge >= 0.3 is 0 Å². The number of benzene rings is 2. The predicted octanol–water partition coefficient (Wildman–Crippen LogP) is 4.23. The number of nitrogens with one attached hydrogen (secondary N) is 1. The molecule has 2 aromatic carbocycles. The van der Waals surface area contributed by atoms with E-state index >= 15 is 0 Å². The highest BCUT2D eigenvalue weighted by molar-refractivity contribution is 5.94. The summed E-state index contributed by atoms with van der Waals surface area (Å²) in [4.78, 5) is 14.7. The fourth-order valence-electron chi connectivity index (χ4n) is 3.11. The maximum Gasteiger partial charge on any atom is 0.265 e. The molecule has 1 fully saturated rings. The molecule has 5 nitrogen and oxygen atoms in total. The van der Waals surface area contributed by atoms with Gasteiger partial charge in [0.25, 0.3) is 5.91 Å². The fraction of sp³-hybridized carbons (Fsp3) is 0.435. The second-order valence-electron chi connectivity index (χ2n) is 8.17. The van der Waals surface area contributed by atoms with Crippen LogP contribution in [-0.2, 0) is 14.9 Å². The Kier molecular flexibility index (Phi) is 6.25. The lowest BCUT2D eigenvalue weighted by Crippen LogP contribution is -2.36. The molecule has 1 N–H and O–H groups in total. The van der Waals surface area contributed by atoms with Gasteiger partial charge in [0.1, 0.15) is 5.75 Å². The first-order chi connectivity index (χ1) is 13.3. The summed E-state index contributed by atoms with van der Waals surface area (Å²) in [6.45, 7) is 11.6. The van der Waals surface area contributed by atoms with Crippen molar-refractivity contribution < 1.29 is 14.3 Å². The summed E-state index contributed by atoms with van der Waals surface area (Å²) in [5, 5.41) is 2.92. The van der Waals surface area contributed by atoms with Crippen LogP contribution in [0.3, 0.4) is 0 Å². The van der Waals surface area contributed by atoms with Crippen LogP contribution < -0.4 is 15.0 Å². The molecule has 1 amide bonds. The lowest BCUT2D eigenvalue weighted by molar-refractivity contribution is -0.122. The molecule has 0 unspecified atom stereocenters. The smallest absolute Gasteiger partial charge is 0.265 e. The SMILES string of the molecule is C[C@H](Oc1ccc(C(C)(C)C)cc1)C(=O)Nc1ccc(N2CCOCC2)cc1. The molecule has 0 saturated carbocycles. The number of hydrogen-bond acceptors (Lipinski definition) is 4. The van der Waals surface area contributed by atoms with E-state index in [1.165, 1.54) is 5.56 Å². The minimum atomic E-state index is -0.584. The minimum Gasteiger partial charge on any atom is -0.481 e. The third-order valence-corrected chi connectivity index (χ3v) is 4.91. The van der Waals surface area contributed by atoms with Gasteiger partial charge in [0.15, 0.2) is 6.10 Å². The topological polar surface area (TPSA) is 50.8 Å². The first-order valence-corrected chi connectivity index (χ1v) is 9.84. The molecule has 150 valence electrons. The number of anilines is 2. The third-order valence-electron chi connectivity index (χ3n) is 4.91. The van der Waals surface area contributed by atoms with Crippen molar-refractivity contribution in [2.75, 3.05) is 36.5 Å². The van der Waals surface area contributed by atoms with E-state index < -0.39 is 6.10 Å². The Labute approximate surface area is 167 Å². The number of ether oxygens (including phenoxy) is 2. The van der Waals surface area contributed by atoms with Crippen molar-refractivity contribution in [3.63, 3.8) is 0 Å². The van der Waals surface area contributed by atoms with Gasteiger partial charge in [-0.15, -0.1) is 0 Å². The van der Waals surface area contributed by atoms with Crippen molar-refractivity contribution >= 4 is 17.3 Å². The van der Waals surface area contributed by atoms with Gasteiger partial charge in [-0.2, -0.15) is 0 Å². The lowest BCUT2D eigenvalue weighted by Gasteiger charge is -2.29. The zero-order valence-corrected chi connectivity index (χ0v) is 17.2. The fourth-order valence-corrected chi connectivity index (χ4v) is 3.11. The molecule has 1 aliphatic heterocycles. The number of morpholine rings is 1.